The van der Waals surface area contributed by atoms with Crippen LogP contribution in [0.3, 0.4) is 0 Å². The lowest BCUT2D eigenvalue weighted by Gasteiger charge is -2.37. The molecule has 3 nitrogen and oxygen atoms in total. The predicted molar refractivity (Wildman–Crippen MR) is 63.2 cm³/mol. The number of carbonyl (C=O) groups is 1. The molecule has 1 fully saturated rings. The van der Waals surface area contributed by atoms with Gasteiger partial charge >= 0.3 is 0 Å². The molecule has 0 atom stereocenters. The largest absolute Gasteiger partial charge is 0.492 e. The normalized spacial score (nSPS) is 16.5. The highest BCUT2D eigenvalue weighted by atomic mass is 19.1. The Hall–Kier alpha value is -1.42. The molecule has 0 N–H and O–H groups in total. The number of hydrogen-bond donors (Lipinski definition) is 0. The lowest BCUT2D eigenvalue weighted by atomic mass is 10.0. The molecule has 4 heteroatoms. The lowest BCUT2D eigenvalue weighted by molar-refractivity contribution is 0.0668. The Morgan fingerprint density at radius 2 is 2.06 bits per heavy atom. The van der Waals surface area contributed by atoms with Gasteiger partial charge in [-0.1, -0.05) is 0 Å². The Bertz CT molecular complexity index is 360. The smallest absolute Gasteiger partial charge is 0.150 e. The summed E-state index contributed by atoms with van der Waals surface area (Å²) in [4.78, 5) is 12.6. The second-order valence-corrected chi connectivity index (χ2v) is 4.32. The highest BCUT2D eigenvalue weighted by Crippen LogP contribution is 2.16. The van der Waals surface area contributed by atoms with Crippen LogP contribution in [-0.2, 0) is 0 Å². The van der Waals surface area contributed by atoms with Gasteiger partial charge < -0.3 is 4.74 Å². The summed E-state index contributed by atoms with van der Waals surface area (Å²) >= 11 is 0. The minimum absolute atomic E-state index is 0.218. The molecule has 0 unspecified atom stereocenters. The van der Waals surface area contributed by atoms with Crippen molar-refractivity contribution in [1.29, 1.82) is 0 Å². The van der Waals surface area contributed by atoms with Gasteiger partial charge in [-0.3, -0.25) is 14.1 Å². The second-order valence-electron chi connectivity index (χ2n) is 4.32. The van der Waals surface area contributed by atoms with Gasteiger partial charge in [0.2, 0.25) is 0 Å². The summed E-state index contributed by atoms with van der Waals surface area (Å²) in [5.74, 6) is 0.986. The van der Waals surface area contributed by atoms with Gasteiger partial charge in [0.05, 0.1) is 6.67 Å². The van der Waals surface area contributed by atoms with Crippen LogP contribution < -0.4 is 4.74 Å². The maximum absolute atomic E-state index is 12.2. The molecule has 1 saturated heterocycles. The fraction of sp³-hybridized carbons (Fsp3) is 0.462. The number of carbonyl (C=O) groups excluding carboxylic acids is 1. The van der Waals surface area contributed by atoms with Crippen molar-refractivity contribution in [2.45, 2.75) is 0 Å². The van der Waals surface area contributed by atoms with Crippen LogP contribution in [0.25, 0.3) is 0 Å². The first-order chi connectivity index (χ1) is 8.31. The number of halogens is 1. The average molecular weight is 237 g/mol. The van der Waals surface area contributed by atoms with E-state index in [4.69, 9.17) is 4.74 Å². The minimum atomic E-state index is -0.218. The zero-order chi connectivity index (χ0) is 12.1. The third-order valence-corrected chi connectivity index (χ3v) is 2.94. The number of aldehydes is 1. The average Bonchev–Trinajstić information content (AvgIpc) is 2.33. The number of nitrogens with zero attached hydrogens (tertiary/aromatic N) is 1. The molecular formula is C13H16FNO2. The number of likely N-dealkylation sites (tertiary alicyclic amines) is 1. The van der Waals surface area contributed by atoms with Gasteiger partial charge in [-0.15, -0.1) is 0 Å². The highest BCUT2D eigenvalue weighted by molar-refractivity contribution is 5.74. The molecule has 0 radical (unpaired) electrons. The van der Waals surface area contributed by atoms with Crippen LogP contribution in [0.2, 0.25) is 0 Å². The highest BCUT2D eigenvalue weighted by Gasteiger charge is 2.25. The first kappa shape index (κ1) is 12.0. The van der Waals surface area contributed by atoms with E-state index in [0.29, 0.717) is 12.2 Å². The minimum Gasteiger partial charge on any atom is -0.492 e. The van der Waals surface area contributed by atoms with E-state index < -0.39 is 0 Å². The number of ether oxygens (including phenoxy) is 1. The van der Waals surface area contributed by atoms with Gasteiger partial charge in [-0.2, -0.15) is 0 Å². The van der Waals surface area contributed by atoms with Crippen molar-refractivity contribution in [2.75, 3.05) is 32.9 Å². The molecule has 2 rings (SSSR count). The van der Waals surface area contributed by atoms with E-state index in [2.05, 4.69) is 4.90 Å². The van der Waals surface area contributed by atoms with Gasteiger partial charge in [-0.25, -0.2) is 0 Å². The van der Waals surface area contributed by atoms with E-state index >= 15 is 0 Å². The molecule has 0 amide bonds. The molecule has 0 spiro atoms. The summed E-state index contributed by atoms with van der Waals surface area (Å²) in [6.45, 7) is 2.88. The lowest BCUT2D eigenvalue weighted by Crippen LogP contribution is -2.49. The van der Waals surface area contributed by atoms with Gasteiger partial charge in [-0.05, 0) is 24.3 Å². The Kier molecular flexibility index (Phi) is 4.09. The molecule has 1 aromatic rings. The Morgan fingerprint density at radius 1 is 1.35 bits per heavy atom. The maximum Gasteiger partial charge on any atom is 0.150 e. The predicted octanol–water partition coefficient (Wildman–Crippen LogP) is 1.78. The Balaban J connectivity index is 1.66. The van der Waals surface area contributed by atoms with E-state index in [9.17, 15) is 9.18 Å². The van der Waals surface area contributed by atoms with Crippen molar-refractivity contribution in [1.82, 2.24) is 4.90 Å². The molecule has 1 heterocycles. The van der Waals surface area contributed by atoms with Gasteiger partial charge in [0.1, 0.15) is 18.6 Å². The molecule has 17 heavy (non-hydrogen) atoms. The summed E-state index contributed by atoms with van der Waals surface area (Å²) in [6, 6.07) is 7.02. The van der Waals surface area contributed by atoms with Crippen molar-refractivity contribution in [3.05, 3.63) is 29.8 Å². The van der Waals surface area contributed by atoms with Crippen LogP contribution >= 0.6 is 0 Å². The van der Waals surface area contributed by atoms with Gasteiger partial charge in [0.15, 0.2) is 0 Å². The molecule has 1 aliphatic rings. The fourth-order valence-corrected chi connectivity index (χ4v) is 1.89. The van der Waals surface area contributed by atoms with Crippen LogP contribution in [0.15, 0.2) is 24.3 Å². The second kappa shape index (κ2) is 5.77. The molecular weight excluding hydrogens is 221 g/mol. The number of benzene rings is 1. The van der Waals surface area contributed by atoms with Crippen molar-refractivity contribution in [3.8, 4) is 5.75 Å². The molecule has 0 aromatic heterocycles. The summed E-state index contributed by atoms with van der Waals surface area (Å²) < 4.78 is 17.7. The summed E-state index contributed by atoms with van der Waals surface area (Å²) in [6.07, 6.45) is 0.806. The molecule has 92 valence electrons. The zero-order valence-corrected chi connectivity index (χ0v) is 9.64. The van der Waals surface area contributed by atoms with E-state index in [-0.39, 0.29) is 12.6 Å². The van der Waals surface area contributed by atoms with Crippen molar-refractivity contribution in [3.63, 3.8) is 0 Å². The summed E-state index contributed by atoms with van der Waals surface area (Å²) in [7, 11) is 0. The van der Waals surface area contributed by atoms with Crippen LogP contribution in [0, 0.1) is 5.92 Å². The number of alkyl halides is 1. The van der Waals surface area contributed by atoms with Crippen LogP contribution in [-0.4, -0.2) is 44.1 Å². The summed E-state index contributed by atoms with van der Waals surface area (Å²) in [5.41, 5.74) is 0.644. The molecule has 1 aliphatic heterocycles. The maximum atomic E-state index is 12.2. The number of rotatable bonds is 6. The molecule has 0 aliphatic carbocycles. The molecule has 0 bridgehead atoms. The Morgan fingerprint density at radius 3 is 2.65 bits per heavy atom. The van der Waals surface area contributed by atoms with E-state index in [1.165, 1.54) is 0 Å². The zero-order valence-electron chi connectivity index (χ0n) is 9.64. The standard InChI is InChI=1S/C13H16FNO2/c14-7-12-8-15(9-12)5-6-17-13-3-1-11(10-16)2-4-13/h1-4,10,12H,5-9H2. The van der Waals surface area contributed by atoms with E-state index in [0.717, 1.165) is 31.7 Å². The quantitative estimate of drug-likeness (QED) is 0.706. The monoisotopic (exact) mass is 237 g/mol. The number of hydrogen-bond acceptors (Lipinski definition) is 3. The van der Waals surface area contributed by atoms with Crippen LogP contribution in [0.5, 0.6) is 5.75 Å². The summed E-state index contributed by atoms with van der Waals surface area (Å²) in [5, 5.41) is 0. The first-order valence-corrected chi connectivity index (χ1v) is 5.78. The van der Waals surface area contributed by atoms with Crippen LogP contribution in [0.4, 0.5) is 4.39 Å². The Labute approximate surface area is 100 Å². The topological polar surface area (TPSA) is 29.5 Å². The van der Waals surface area contributed by atoms with Crippen molar-refractivity contribution < 1.29 is 13.9 Å². The third-order valence-electron chi connectivity index (χ3n) is 2.94. The first-order valence-electron chi connectivity index (χ1n) is 5.78. The SMILES string of the molecule is O=Cc1ccc(OCCN2CC(CF)C2)cc1. The van der Waals surface area contributed by atoms with Crippen molar-refractivity contribution in [2.24, 2.45) is 5.92 Å². The van der Waals surface area contributed by atoms with Crippen LogP contribution in [0.1, 0.15) is 10.4 Å². The van der Waals surface area contributed by atoms with Gasteiger partial charge in [0, 0.05) is 31.1 Å². The molecule has 1 aromatic carbocycles. The molecule has 0 saturated carbocycles. The van der Waals surface area contributed by atoms with Crippen molar-refractivity contribution >= 4 is 6.29 Å². The third kappa shape index (κ3) is 3.27. The van der Waals surface area contributed by atoms with Gasteiger partial charge in [0.25, 0.3) is 0 Å². The fourth-order valence-electron chi connectivity index (χ4n) is 1.89. The van der Waals surface area contributed by atoms with E-state index in [1.54, 1.807) is 24.3 Å². The van der Waals surface area contributed by atoms with E-state index in [1.807, 2.05) is 0 Å².